The Kier molecular flexibility index (Phi) is 6.47. The summed E-state index contributed by atoms with van der Waals surface area (Å²) < 4.78 is 0. The monoisotopic (exact) mass is 344 g/mol. The van der Waals surface area contributed by atoms with Crippen LogP contribution in [0.4, 0.5) is 5.69 Å². The van der Waals surface area contributed by atoms with Crippen LogP contribution < -0.4 is 15.5 Å². The summed E-state index contributed by atoms with van der Waals surface area (Å²) in [4.78, 5) is 7.12. The lowest BCUT2D eigenvalue weighted by Gasteiger charge is -2.24. The summed E-state index contributed by atoms with van der Waals surface area (Å²) >= 11 is 2.04. The van der Waals surface area contributed by atoms with Crippen molar-refractivity contribution in [2.24, 2.45) is 4.99 Å². The minimum Gasteiger partial charge on any atom is -0.364 e. The average Bonchev–Trinajstić information content (AvgIpc) is 3.16. The zero-order chi connectivity index (χ0) is 16.6. The first-order valence-corrected chi connectivity index (χ1v) is 10.1. The summed E-state index contributed by atoms with van der Waals surface area (Å²) in [6.07, 6.45) is 6.98. The fourth-order valence-corrected chi connectivity index (χ4v) is 4.11. The van der Waals surface area contributed by atoms with Crippen molar-refractivity contribution in [2.45, 2.75) is 32.4 Å². The summed E-state index contributed by atoms with van der Waals surface area (Å²) in [5.41, 5.74) is 2.54. The van der Waals surface area contributed by atoms with Crippen molar-refractivity contribution in [3.05, 3.63) is 42.0 Å². The van der Waals surface area contributed by atoms with Gasteiger partial charge < -0.3 is 15.5 Å². The van der Waals surface area contributed by atoms with E-state index in [9.17, 15) is 0 Å². The van der Waals surface area contributed by atoms with Gasteiger partial charge in [-0.15, -0.1) is 0 Å². The number of nitrogens with one attached hydrogen (secondary N) is 2. The van der Waals surface area contributed by atoms with E-state index in [2.05, 4.69) is 58.9 Å². The first kappa shape index (κ1) is 17.2. The van der Waals surface area contributed by atoms with Gasteiger partial charge in [-0.25, -0.2) is 4.99 Å². The molecule has 4 nitrogen and oxygen atoms in total. The Labute approximate surface area is 149 Å². The van der Waals surface area contributed by atoms with Crippen LogP contribution in [0.25, 0.3) is 0 Å². The number of hydrogen-bond acceptors (Lipinski definition) is 3. The maximum Gasteiger partial charge on any atom is 0.191 e. The summed E-state index contributed by atoms with van der Waals surface area (Å²) in [6.45, 7) is 5.77. The van der Waals surface area contributed by atoms with Gasteiger partial charge in [0, 0.05) is 37.1 Å². The van der Waals surface area contributed by atoms with Crippen LogP contribution in [0.15, 0.2) is 41.4 Å². The summed E-state index contributed by atoms with van der Waals surface area (Å²) in [5, 5.41) is 6.95. The molecule has 1 fully saturated rings. The Morgan fingerprint density at radius 3 is 2.71 bits per heavy atom. The molecule has 2 aliphatic heterocycles. The van der Waals surface area contributed by atoms with E-state index in [1.54, 1.807) is 0 Å². The Hall–Kier alpha value is -1.62. The average molecular weight is 345 g/mol. The van der Waals surface area contributed by atoms with E-state index in [-0.39, 0.29) is 0 Å². The molecular weight excluding hydrogens is 316 g/mol. The fraction of sp³-hybridized carbons (Fsp3) is 0.526. The van der Waals surface area contributed by atoms with Crippen LogP contribution in [0, 0.1) is 0 Å². The van der Waals surface area contributed by atoms with Gasteiger partial charge in [0.15, 0.2) is 5.96 Å². The quantitative estimate of drug-likeness (QED) is 0.489. The van der Waals surface area contributed by atoms with Crippen molar-refractivity contribution in [1.82, 2.24) is 10.6 Å². The van der Waals surface area contributed by atoms with Crippen LogP contribution in [0.2, 0.25) is 0 Å². The van der Waals surface area contributed by atoms with E-state index in [4.69, 9.17) is 4.99 Å². The molecule has 1 aromatic carbocycles. The normalized spacial score (nSPS) is 21.1. The van der Waals surface area contributed by atoms with E-state index >= 15 is 0 Å². The number of guanidine groups is 1. The number of benzene rings is 1. The lowest BCUT2D eigenvalue weighted by molar-refractivity contribution is 0.582. The van der Waals surface area contributed by atoms with Crippen LogP contribution >= 0.6 is 11.8 Å². The zero-order valence-corrected chi connectivity index (χ0v) is 15.3. The SMILES string of the molecule is CCNC(=NCc1ccc(N2CC=CC2)cc1)NC1CCCSC1. The van der Waals surface area contributed by atoms with Crippen LogP contribution in [-0.2, 0) is 6.54 Å². The maximum atomic E-state index is 4.76. The molecule has 1 unspecified atom stereocenters. The van der Waals surface area contributed by atoms with E-state index in [1.807, 2.05) is 11.8 Å². The van der Waals surface area contributed by atoms with Gasteiger partial charge in [-0.2, -0.15) is 11.8 Å². The van der Waals surface area contributed by atoms with Gasteiger partial charge in [0.2, 0.25) is 0 Å². The van der Waals surface area contributed by atoms with Crippen molar-refractivity contribution in [2.75, 3.05) is 36.0 Å². The summed E-state index contributed by atoms with van der Waals surface area (Å²) in [7, 11) is 0. The van der Waals surface area contributed by atoms with Gasteiger partial charge in [0.25, 0.3) is 0 Å². The van der Waals surface area contributed by atoms with Crippen molar-refractivity contribution < 1.29 is 0 Å². The molecule has 3 rings (SSSR count). The van der Waals surface area contributed by atoms with Gasteiger partial charge >= 0.3 is 0 Å². The van der Waals surface area contributed by atoms with Gasteiger partial charge in [-0.05, 0) is 43.2 Å². The van der Waals surface area contributed by atoms with Gasteiger partial charge in [0.05, 0.1) is 6.54 Å². The molecule has 5 heteroatoms. The highest BCUT2D eigenvalue weighted by molar-refractivity contribution is 7.99. The third kappa shape index (κ3) is 4.94. The Morgan fingerprint density at radius 1 is 1.25 bits per heavy atom. The predicted molar refractivity (Wildman–Crippen MR) is 106 cm³/mol. The van der Waals surface area contributed by atoms with E-state index in [0.29, 0.717) is 12.6 Å². The largest absolute Gasteiger partial charge is 0.364 e. The second kappa shape index (κ2) is 9.02. The van der Waals surface area contributed by atoms with Gasteiger partial charge in [-0.3, -0.25) is 0 Å². The minimum absolute atomic E-state index is 0.548. The molecule has 0 saturated carbocycles. The third-order valence-electron chi connectivity index (χ3n) is 4.38. The Balaban J connectivity index is 1.56. The van der Waals surface area contributed by atoms with Gasteiger partial charge in [0.1, 0.15) is 0 Å². The second-order valence-electron chi connectivity index (χ2n) is 6.30. The summed E-state index contributed by atoms with van der Waals surface area (Å²) in [5.74, 6) is 3.42. The highest BCUT2D eigenvalue weighted by atomic mass is 32.2. The molecule has 2 aliphatic rings. The second-order valence-corrected chi connectivity index (χ2v) is 7.45. The van der Waals surface area contributed by atoms with Crippen LogP contribution in [0.5, 0.6) is 0 Å². The fourth-order valence-electron chi connectivity index (χ4n) is 3.04. The topological polar surface area (TPSA) is 39.7 Å². The molecule has 1 saturated heterocycles. The van der Waals surface area contributed by atoms with Crippen molar-refractivity contribution in [3.63, 3.8) is 0 Å². The molecule has 130 valence electrons. The number of rotatable bonds is 5. The first-order valence-electron chi connectivity index (χ1n) is 8.96. The van der Waals surface area contributed by atoms with Crippen LogP contribution in [0.1, 0.15) is 25.3 Å². The van der Waals surface area contributed by atoms with E-state index in [1.165, 1.54) is 35.6 Å². The molecule has 0 bridgehead atoms. The third-order valence-corrected chi connectivity index (χ3v) is 5.60. The van der Waals surface area contributed by atoms with Crippen molar-refractivity contribution in [1.29, 1.82) is 0 Å². The molecule has 0 aromatic heterocycles. The number of aliphatic imine (C=N–C) groups is 1. The Bertz CT molecular complexity index is 553. The first-order chi connectivity index (χ1) is 11.8. The molecule has 0 spiro atoms. The highest BCUT2D eigenvalue weighted by Gasteiger charge is 2.14. The highest BCUT2D eigenvalue weighted by Crippen LogP contribution is 2.18. The summed E-state index contributed by atoms with van der Waals surface area (Å²) in [6, 6.07) is 9.34. The Morgan fingerprint density at radius 2 is 2.04 bits per heavy atom. The minimum atomic E-state index is 0.548. The molecule has 0 amide bonds. The maximum absolute atomic E-state index is 4.76. The smallest absolute Gasteiger partial charge is 0.191 e. The number of hydrogen-bond donors (Lipinski definition) is 2. The van der Waals surface area contributed by atoms with Crippen molar-refractivity contribution in [3.8, 4) is 0 Å². The van der Waals surface area contributed by atoms with E-state index in [0.717, 1.165) is 25.6 Å². The van der Waals surface area contributed by atoms with E-state index < -0.39 is 0 Å². The molecule has 1 aromatic rings. The number of thioether (sulfide) groups is 1. The van der Waals surface area contributed by atoms with Gasteiger partial charge in [-0.1, -0.05) is 24.3 Å². The zero-order valence-electron chi connectivity index (χ0n) is 14.5. The number of anilines is 1. The molecule has 24 heavy (non-hydrogen) atoms. The lowest BCUT2D eigenvalue weighted by atomic mass is 10.2. The molecule has 0 aliphatic carbocycles. The number of nitrogens with zero attached hydrogens (tertiary/aromatic N) is 2. The predicted octanol–water partition coefficient (Wildman–Crippen LogP) is 3.01. The lowest BCUT2D eigenvalue weighted by Crippen LogP contribution is -2.45. The molecule has 1 atom stereocenters. The van der Waals surface area contributed by atoms with Crippen molar-refractivity contribution >= 4 is 23.4 Å². The molecule has 2 heterocycles. The van der Waals surface area contributed by atoms with Crippen LogP contribution in [-0.4, -0.2) is 43.1 Å². The molecule has 0 radical (unpaired) electrons. The standard InChI is InChI=1S/C19H28N4S/c1-2-20-19(22-17-6-5-13-24-15-17)21-14-16-7-9-18(10-8-16)23-11-3-4-12-23/h3-4,7-10,17H,2,5-6,11-15H2,1H3,(H2,20,21,22). The van der Waals surface area contributed by atoms with Crippen LogP contribution in [0.3, 0.4) is 0 Å². The molecule has 2 N–H and O–H groups in total. The molecular formula is C19H28N4S.